The van der Waals surface area contributed by atoms with Crippen LogP contribution in [-0.4, -0.2) is 38.6 Å². The first-order chi connectivity index (χ1) is 12.3. The number of carbonyl (C=O) groups excluding carboxylic acids is 1. The van der Waals surface area contributed by atoms with Crippen LogP contribution in [-0.2, 0) is 22.9 Å². The maximum Gasteiger partial charge on any atom is 0.252 e. The molecule has 2 rings (SSSR count). The van der Waals surface area contributed by atoms with E-state index in [2.05, 4.69) is 36.2 Å². The number of hydrogen-bond donors (Lipinski definition) is 1. The van der Waals surface area contributed by atoms with Crippen LogP contribution in [0.3, 0.4) is 0 Å². The fourth-order valence-electron chi connectivity index (χ4n) is 2.72. The summed E-state index contributed by atoms with van der Waals surface area (Å²) >= 11 is 0. The van der Waals surface area contributed by atoms with E-state index in [1.165, 1.54) is 17.7 Å². The van der Waals surface area contributed by atoms with Gasteiger partial charge in [0.2, 0.25) is 0 Å². The second kappa shape index (κ2) is 8.96. The van der Waals surface area contributed by atoms with Crippen molar-refractivity contribution < 1.29 is 13.2 Å². The van der Waals surface area contributed by atoms with Gasteiger partial charge in [-0.05, 0) is 36.3 Å². The molecule has 0 fully saturated rings. The van der Waals surface area contributed by atoms with E-state index in [1.807, 2.05) is 12.1 Å². The minimum absolute atomic E-state index is 0.0482. The first-order valence-corrected chi connectivity index (χ1v) is 10.6. The Bertz CT molecular complexity index is 842. The highest BCUT2D eigenvalue weighted by molar-refractivity contribution is 7.90. The first-order valence-electron chi connectivity index (χ1n) is 8.72. The lowest BCUT2D eigenvalue weighted by molar-refractivity contribution is 0.0947. The predicted octanol–water partition coefficient (Wildman–Crippen LogP) is 2.86. The molecule has 0 aliphatic rings. The van der Waals surface area contributed by atoms with Gasteiger partial charge in [0.05, 0.1) is 10.5 Å². The Morgan fingerprint density at radius 2 is 1.54 bits per heavy atom. The highest BCUT2D eigenvalue weighted by Crippen LogP contribution is 2.15. The molecule has 0 aliphatic heterocycles. The molecule has 0 radical (unpaired) electrons. The zero-order valence-electron chi connectivity index (χ0n) is 15.5. The second-order valence-corrected chi connectivity index (χ2v) is 8.21. The van der Waals surface area contributed by atoms with Crippen molar-refractivity contribution in [2.45, 2.75) is 31.8 Å². The Morgan fingerprint density at radius 1 is 0.962 bits per heavy atom. The summed E-state index contributed by atoms with van der Waals surface area (Å²) < 4.78 is 23.6. The van der Waals surface area contributed by atoms with Crippen molar-refractivity contribution in [2.24, 2.45) is 0 Å². The third kappa shape index (κ3) is 5.41. The van der Waals surface area contributed by atoms with Gasteiger partial charge >= 0.3 is 0 Å². The number of nitrogens with zero attached hydrogens (tertiary/aromatic N) is 1. The van der Waals surface area contributed by atoms with Gasteiger partial charge in [-0.1, -0.05) is 50.2 Å². The van der Waals surface area contributed by atoms with Crippen molar-refractivity contribution >= 4 is 15.7 Å². The quantitative estimate of drug-likeness (QED) is 0.772. The minimum Gasteiger partial charge on any atom is -0.348 e. The van der Waals surface area contributed by atoms with Crippen molar-refractivity contribution in [3.05, 3.63) is 65.2 Å². The van der Waals surface area contributed by atoms with Crippen LogP contribution in [0.2, 0.25) is 0 Å². The highest BCUT2D eigenvalue weighted by atomic mass is 32.2. The Kier molecular flexibility index (Phi) is 6.94. The van der Waals surface area contributed by atoms with Crippen LogP contribution in [0.1, 0.15) is 35.3 Å². The number of rotatable bonds is 8. The molecule has 0 aromatic heterocycles. The summed E-state index contributed by atoms with van der Waals surface area (Å²) in [6.45, 7) is 7.55. The monoisotopic (exact) mass is 374 g/mol. The summed E-state index contributed by atoms with van der Waals surface area (Å²) in [6.07, 6.45) is 1.10. The van der Waals surface area contributed by atoms with E-state index in [4.69, 9.17) is 0 Å². The van der Waals surface area contributed by atoms with Gasteiger partial charge < -0.3 is 5.32 Å². The van der Waals surface area contributed by atoms with Gasteiger partial charge in [-0.15, -0.1) is 0 Å². The van der Waals surface area contributed by atoms with Crippen LogP contribution < -0.4 is 5.32 Å². The molecule has 1 N–H and O–H groups in total. The average molecular weight is 375 g/mol. The average Bonchev–Trinajstić information content (AvgIpc) is 2.64. The maximum atomic E-state index is 12.4. The molecule has 2 aromatic carbocycles. The van der Waals surface area contributed by atoms with Crippen LogP contribution in [0.4, 0.5) is 0 Å². The fraction of sp³-hybridized carbons (Fsp3) is 0.350. The predicted molar refractivity (Wildman–Crippen MR) is 104 cm³/mol. The fourth-order valence-corrected chi connectivity index (χ4v) is 3.61. The summed E-state index contributed by atoms with van der Waals surface area (Å²) in [4.78, 5) is 14.8. The molecule has 0 aliphatic carbocycles. The van der Waals surface area contributed by atoms with Crippen molar-refractivity contribution in [3.63, 3.8) is 0 Å². The van der Waals surface area contributed by atoms with Gasteiger partial charge in [0.25, 0.3) is 5.91 Å². The second-order valence-electron chi connectivity index (χ2n) is 6.23. The summed E-state index contributed by atoms with van der Waals surface area (Å²) in [5.41, 5.74) is 2.37. The van der Waals surface area contributed by atoms with E-state index in [0.717, 1.165) is 31.5 Å². The lowest BCUT2D eigenvalue weighted by Crippen LogP contribution is -2.24. The van der Waals surface area contributed by atoms with Crippen molar-refractivity contribution in [2.75, 3.05) is 19.3 Å². The molecule has 0 bridgehead atoms. The molecular formula is C20H26N2O3S. The normalized spacial score (nSPS) is 11.5. The SMILES string of the molecule is CCN(CC)Cc1ccc(CNC(=O)c2ccccc2S(C)(=O)=O)cc1. The largest absolute Gasteiger partial charge is 0.348 e. The lowest BCUT2D eigenvalue weighted by atomic mass is 10.1. The van der Waals surface area contributed by atoms with Gasteiger partial charge in [-0.2, -0.15) is 0 Å². The number of hydrogen-bond acceptors (Lipinski definition) is 4. The molecule has 6 heteroatoms. The maximum absolute atomic E-state index is 12.4. The Balaban J connectivity index is 2.02. The molecular weight excluding hydrogens is 348 g/mol. The van der Waals surface area contributed by atoms with E-state index in [-0.39, 0.29) is 10.5 Å². The van der Waals surface area contributed by atoms with Crippen LogP contribution in [0.15, 0.2) is 53.4 Å². The summed E-state index contributed by atoms with van der Waals surface area (Å²) in [7, 11) is -3.45. The molecule has 0 atom stereocenters. The molecule has 5 nitrogen and oxygen atoms in total. The molecule has 0 saturated heterocycles. The highest BCUT2D eigenvalue weighted by Gasteiger charge is 2.17. The summed E-state index contributed by atoms with van der Waals surface area (Å²) in [6, 6.07) is 14.3. The van der Waals surface area contributed by atoms with E-state index < -0.39 is 15.7 Å². The van der Waals surface area contributed by atoms with Gasteiger partial charge in [-0.3, -0.25) is 9.69 Å². The number of carbonyl (C=O) groups is 1. The number of sulfone groups is 1. The zero-order valence-corrected chi connectivity index (χ0v) is 16.3. The molecule has 0 spiro atoms. The third-order valence-electron chi connectivity index (χ3n) is 4.31. The summed E-state index contributed by atoms with van der Waals surface area (Å²) in [5, 5.41) is 2.80. The van der Waals surface area contributed by atoms with Crippen LogP contribution >= 0.6 is 0 Å². The van der Waals surface area contributed by atoms with Gasteiger partial charge in [-0.25, -0.2) is 8.42 Å². The van der Waals surface area contributed by atoms with Crippen molar-refractivity contribution in [1.82, 2.24) is 10.2 Å². The minimum atomic E-state index is -3.45. The molecule has 1 amide bonds. The number of benzene rings is 2. The van der Waals surface area contributed by atoms with Crippen LogP contribution in [0.5, 0.6) is 0 Å². The van der Waals surface area contributed by atoms with Gasteiger partial charge in [0.15, 0.2) is 9.84 Å². The lowest BCUT2D eigenvalue weighted by Gasteiger charge is -2.18. The van der Waals surface area contributed by atoms with E-state index in [0.29, 0.717) is 6.54 Å². The van der Waals surface area contributed by atoms with Gasteiger partial charge in [0.1, 0.15) is 0 Å². The van der Waals surface area contributed by atoms with E-state index in [9.17, 15) is 13.2 Å². The molecule has 0 saturated carbocycles. The van der Waals surface area contributed by atoms with Crippen molar-refractivity contribution in [3.8, 4) is 0 Å². The molecule has 2 aromatic rings. The molecule has 0 unspecified atom stereocenters. The Hall–Kier alpha value is -2.18. The van der Waals surface area contributed by atoms with Gasteiger partial charge in [0, 0.05) is 19.3 Å². The van der Waals surface area contributed by atoms with Crippen LogP contribution in [0.25, 0.3) is 0 Å². The Labute approximate surface area is 156 Å². The van der Waals surface area contributed by atoms with E-state index in [1.54, 1.807) is 12.1 Å². The molecule has 0 heterocycles. The third-order valence-corrected chi connectivity index (χ3v) is 5.46. The Morgan fingerprint density at radius 3 is 2.12 bits per heavy atom. The molecule has 26 heavy (non-hydrogen) atoms. The topological polar surface area (TPSA) is 66.5 Å². The summed E-state index contributed by atoms with van der Waals surface area (Å²) in [5.74, 6) is -0.391. The smallest absolute Gasteiger partial charge is 0.252 e. The standard InChI is InChI=1S/C20H26N2O3S/c1-4-22(5-2)15-17-12-10-16(11-13-17)14-21-20(23)18-8-6-7-9-19(18)26(3,24)25/h6-13H,4-5,14-15H2,1-3H3,(H,21,23). The first kappa shape index (κ1) is 20.1. The number of nitrogens with one attached hydrogen (secondary N) is 1. The molecule has 140 valence electrons. The van der Waals surface area contributed by atoms with Crippen LogP contribution in [0, 0.1) is 0 Å². The zero-order chi connectivity index (χ0) is 19.2. The van der Waals surface area contributed by atoms with Crippen molar-refractivity contribution in [1.29, 1.82) is 0 Å². The van der Waals surface area contributed by atoms with E-state index >= 15 is 0 Å². The number of amides is 1.